The van der Waals surface area contributed by atoms with E-state index in [4.69, 9.17) is 0 Å². The number of likely N-dealkylation sites (N-methyl/N-ethyl adjacent to an activating group) is 2. The van der Waals surface area contributed by atoms with Crippen LogP contribution in [0.15, 0.2) is 53.4 Å². The van der Waals surface area contributed by atoms with Gasteiger partial charge in [-0.3, -0.25) is 9.59 Å². The van der Waals surface area contributed by atoms with Gasteiger partial charge in [-0.2, -0.15) is 4.31 Å². The van der Waals surface area contributed by atoms with E-state index in [9.17, 15) is 18.0 Å². The number of nitrogens with one attached hydrogen (secondary N) is 1. The number of aryl methyl sites for hydroxylation is 2. The molecule has 31 heavy (non-hydrogen) atoms. The van der Waals surface area contributed by atoms with Crippen LogP contribution in [0.25, 0.3) is 0 Å². The third-order valence-electron chi connectivity index (χ3n) is 5.19. The first-order valence-corrected chi connectivity index (χ1v) is 11.6. The molecule has 2 amide bonds. The maximum Gasteiger partial charge on any atom is 0.243 e. The molecule has 0 bridgehead atoms. The zero-order chi connectivity index (χ0) is 23.2. The summed E-state index contributed by atoms with van der Waals surface area (Å²) in [6.07, 6.45) is 0.408. The second-order valence-corrected chi connectivity index (χ2v) is 9.66. The highest BCUT2D eigenvalue weighted by atomic mass is 32.2. The Kier molecular flexibility index (Phi) is 8.36. The second-order valence-electron chi connectivity index (χ2n) is 7.62. The number of nitrogens with zero attached hydrogens (tertiary/aromatic N) is 2. The molecule has 0 fully saturated rings. The molecule has 0 aromatic heterocycles. The Morgan fingerprint density at radius 2 is 1.48 bits per heavy atom. The number of amides is 2. The highest BCUT2D eigenvalue weighted by Crippen LogP contribution is 2.17. The predicted octanol–water partition coefficient (Wildman–Crippen LogP) is 2.48. The zero-order valence-electron chi connectivity index (χ0n) is 18.8. The largest absolute Gasteiger partial charge is 0.357 e. The lowest BCUT2D eigenvalue weighted by Crippen LogP contribution is -2.51. The molecule has 2 aromatic rings. The minimum Gasteiger partial charge on any atom is -0.357 e. The van der Waals surface area contributed by atoms with Gasteiger partial charge < -0.3 is 10.2 Å². The Bertz CT molecular complexity index is 1000. The summed E-state index contributed by atoms with van der Waals surface area (Å²) in [5, 5.41) is 2.60. The lowest BCUT2D eigenvalue weighted by atomic mass is 10.1. The van der Waals surface area contributed by atoms with Crippen LogP contribution in [0.3, 0.4) is 0 Å². The van der Waals surface area contributed by atoms with Gasteiger partial charge in [0, 0.05) is 20.6 Å². The molecular weight excluding hydrogens is 414 g/mol. The normalized spacial score (nSPS) is 12.5. The minimum absolute atomic E-state index is 0.122. The van der Waals surface area contributed by atoms with E-state index < -0.39 is 22.0 Å². The van der Waals surface area contributed by atoms with Crippen LogP contribution in [0.1, 0.15) is 30.0 Å². The number of hydrogen-bond acceptors (Lipinski definition) is 4. The van der Waals surface area contributed by atoms with Crippen molar-refractivity contribution < 1.29 is 18.0 Å². The van der Waals surface area contributed by atoms with E-state index in [1.54, 1.807) is 12.1 Å². The summed E-state index contributed by atoms with van der Waals surface area (Å²) in [7, 11) is -0.941. The molecule has 0 saturated carbocycles. The number of carbonyl (C=O) groups excluding carboxylic acids is 2. The summed E-state index contributed by atoms with van der Waals surface area (Å²) in [4.78, 5) is 27.2. The SMILES string of the molecule is CC[C@H](C(=O)NC)N(Cc1ccc(C)cc1)C(=O)CN(C)S(=O)(=O)c1ccc(C)cc1. The fourth-order valence-electron chi connectivity index (χ4n) is 3.23. The molecule has 8 heteroatoms. The first-order valence-electron chi connectivity index (χ1n) is 10.2. The molecule has 0 aliphatic rings. The van der Waals surface area contributed by atoms with E-state index in [0.29, 0.717) is 6.42 Å². The van der Waals surface area contributed by atoms with Crippen LogP contribution in [-0.4, -0.2) is 56.1 Å². The third kappa shape index (κ3) is 6.15. The van der Waals surface area contributed by atoms with Crippen LogP contribution in [0.2, 0.25) is 0 Å². The molecule has 2 aromatic carbocycles. The van der Waals surface area contributed by atoms with Gasteiger partial charge in [0.05, 0.1) is 11.4 Å². The fourth-order valence-corrected chi connectivity index (χ4v) is 4.35. The Balaban J connectivity index is 2.29. The molecule has 0 saturated heterocycles. The summed E-state index contributed by atoms with van der Waals surface area (Å²) in [6.45, 7) is 5.51. The van der Waals surface area contributed by atoms with Gasteiger partial charge in [-0.25, -0.2) is 8.42 Å². The predicted molar refractivity (Wildman–Crippen MR) is 121 cm³/mol. The topological polar surface area (TPSA) is 86.8 Å². The van der Waals surface area contributed by atoms with Crippen molar-refractivity contribution in [2.24, 2.45) is 0 Å². The van der Waals surface area contributed by atoms with Crippen LogP contribution in [0.5, 0.6) is 0 Å². The molecule has 0 heterocycles. The molecule has 168 valence electrons. The third-order valence-corrected chi connectivity index (χ3v) is 7.01. The van der Waals surface area contributed by atoms with Crippen LogP contribution >= 0.6 is 0 Å². The van der Waals surface area contributed by atoms with Crippen LogP contribution in [-0.2, 0) is 26.2 Å². The van der Waals surface area contributed by atoms with Crippen molar-refractivity contribution in [3.05, 3.63) is 65.2 Å². The molecule has 7 nitrogen and oxygen atoms in total. The van der Waals surface area contributed by atoms with E-state index in [0.717, 1.165) is 21.0 Å². The first kappa shape index (κ1) is 24.6. The highest BCUT2D eigenvalue weighted by molar-refractivity contribution is 7.89. The number of benzene rings is 2. The quantitative estimate of drug-likeness (QED) is 0.642. The van der Waals surface area contributed by atoms with Gasteiger partial charge in [-0.15, -0.1) is 0 Å². The lowest BCUT2D eigenvalue weighted by Gasteiger charge is -2.31. The molecule has 0 radical (unpaired) electrons. The molecule has 0 aliphatic heterocycles. The van der Waals surface area contributed by atoms with Crippen molar-refractivity contribution >= 4 is 21.8 Å². The maximum atomic E-state index is 13.2. The number of hydrogen-bond donors (Lipinski definition) is 1. The van der Waals surface area contributed by atoms with Crippen LogP contribution in [0.4, 0.5) is 0 Å². The average molecular weight is 446 g/mol. The van der Waals surface area contributed by atoms with Gasteiger partial charge in [-0.05, 0) is 38.0 Å². The standard InChI is InChI=1S/C23H31N3O4S/c1-6-21(23(28)24-4)26(15-19-11-7-17(2)8-12-19)22(27)16-25(5)31(29,30)20-13-9-18(3)10-14-20/h7-14,21H,6,15-16H2,1-5H3,(H,24,28)/t21-/m1/s1. The second kappa shape index (κ2) is 10.5. The average Bonchev–Trinajstić information content (AvgIpc) is 2.74. The van der Waals surface area contributed by atoms with Crippen molar-refractivity contribution in [2.45, 2.75) is 44.7 Å². The van der Waals surface area contributed by atoms with E-state index in [1.807, 2.05) is 45.0 Å². The van der Waals surface area contributed by atoms with Crippen LogP contribution in [0, 0.1) is 13.8 Å². The minimum atomic E-state index is -3.84. The Hall–Kier alpha value is -2.71. The van der Waals surface area contributed by atoms with Crippen LogP contribution < -0.4 is 5.32 Å². The lowest BCUT2D eigenvalue weighted by molar-refractivity contribution is -0.141. The first-order chi connectivity index (χ1) is 14.6. The molecular formula is C23H31N3O4S. The summed E-state index contributed by atoms with van der Waals surface area (Å²) in [5.74, 6) is -0.721. The Morgan fingerprint density at radius 3 is 1.97 bits per heavy atom. The number of carbonyl (C=O) groups is 2. The summed E-state index contributed by atoms with van der Waals surface area (Å²) < 4.78 is 26.8. The number of rotatable bonds is 9. The van der Waals surface area contributed by atoms with Gasteiger partial charge in [0.15, 0.2) is 0 Å². The van der Waals surface area contributed by atoms with Gasteiger partial charge in [0.1, 0.15) is 6.04 Å². The molecule has 0 aliphatic carbocycles. The van der Waals surface area contributed by atoms with Gasteiger partial charge in [-0.1, -0.05) is 54.4 Å². The van der Waals surface area contributed by atoms with E-state index in [-0.39, 0.29) is 23.9 Å². The smallest absolute Gasteiger partial charge is 0.243 e. The summed E-state index contributed by atoms with van der Waals surface area (Å²) >= 11 is 0. The summed E-state index contributed by atoms with van der Waals surface area (Å²) in [6, 6.07) is 13.5. The fraction of sp³-hybridized carbons (Fsp3) is 0.391. The highest BCUT2D eigenvalue weighted by Gasteiger charge is 2.31. The molecule has 0 unspecified atom stereocenters. The van der Waals surface area contributed by atoms with Crippen molar-refractivity contribution in [3.63, 3.8) is 0 Å². The monoisotopic (exact) mass is 445 g/mol. The van der Waals surface area contributed by atoms with E-state index in [2.05, 4.69) is 5.32 Å². The van der Waals surface area contributed by atoms with Gasteiger partial charge in [0.25, 0.3) is 0 Å². The van der Waals surface area contributed by atoms with Crippen molar-refractivity contribution in [1.29, 1.82) is 0 Å². The molecule has 0 spiro atoms. The van der Waals surface area contributed by atoms with Crippen molar-refractivity contribution in [2.75, 3.05) is 20.6 Å². The van der Waals surface area contributed by atoms with Gasteiger partial charge >= 0.3 is 0 Å². The Morgan fingerprint density at radius 1 is 0.968 bits per heavy atom. The molecule has 1 N–H and O–H groups in total. The van der Waals surface area contributed by atoms with Crippen molar-refractivity contribution in [1.82, 2.24) is 14.5 Å². The van der Waals surface area contributed by atoms with E-state index >= 15 is 0 Å². The maximum absolute atomic E-state index is 13.2. The van der Waals surface area contributed by atoms with Crippen molar-refractivity contribution in [3.8, 4) is 0 Å². The van der Waals surface area contributed by atoms with Gasteiger partial charge in [0.2, 0.25) is 21.8 Å². The Labute approximate surface area is 185 Å². The van der Waals surface area contributed by atoms with E-state index in [1.165, 1.54) is 31.1 Å². The summed E-state index contributed by atoms with van der Waals surface area (Å²) in [5.41, 5.74) is 2.90. The molecule has 1 atom stereocenters. The molecule has 2 rings (SSSR count). The zero-order valence-corrected chi connectivity index (χ0v) is 19.6. The number of sulfonamides is 1.